The van der Waals surface area contributed by atoms with Crippen molar-refractivity contribution in [3.63, 3.8) is 0 Å². The lowest BCUT2D eigenvalue weighted by atomic mass is 9.70. The van der Waals surface area contributed by atoms with Gasteiger partial charge in [-0.1, -0.05) is 44.2 Å². The van der Waals surface area contributed by atoms with E-state index < -0.39 is 23.4 Å². The van der Waals surface area contributed by atoms with Crippen molar-refractivity contribution in [2.75, 3.05) is 0 Å². The van der Waals surface area contributed by atoms with Crippen LogP contribution in [0.2, 0.25) is 0 Å². The van der Waals surface area contributed by atoms with Gasteiger partial charge in [-0.15, -0.1) is 0 Å². The molecule has 2 nitrogen and oxygen atoms in total. The Balaban J connectivity index is 3.54. The Kier molecular flexibility index (Phi) is 3.50. The van der Waals surface area contributed by atoms with Gasteiger partial charge in [0.2, 0.25) is 5.91 Å². The first-order valence-electron chi connectivity index (χ1n) is 5.16. The number of alkyl halides is 3. The third-order valence-corrected chi connectivity index (χ3v) is 2.93. The van der Waals surface area contributed by atoms with Gasteiger partial charge in [0, 0.05) is 0 Å². The van der Waals surface area contributed by atoms with Gasteiger partial charge in [0.25, 0.3) is 0 Å². The van der Waals surface area contributed by atoms with E-state index in [0.29, 0.717) is 0 Å². The zero-order chi connectivity index (χ0) is 13.3. The van der Waals surface area contributed by atoms with Gasteiger partial charge in [0.15, 0.2) is 5.41 Å². The molecular formula is C12H14F3NO. The highest BCUT2D eigenvalue weighted by Crippen LogP contribution is 2.46. The quantitative estimate of drug-likeness (QED) is 0.874. The molecule has 0 bridgehead atoms. The summed E-state index contributed by atoms with van der Waals surface area (Å²) in [5.41, 5.74) is 2.29. The third kappa shape index (κ3) is 2.01. The maximum atomic E-state index is 13.3. The van der Waals surface area contributed by atoms with Gasteiger partial charge in [-0.2, -0.15) is 13.2 Å². The summed E-state index contributed by atoms with van der Waals surface area (Å²) in [5.74, 6) is -2.34. The van der Waals surface area contributed by atoms with Crippen molar-refractivity contribution in [3.05, 3.63) is 35.9 Å². The molecule has 0 spiro atoms. The number of amides is 1. The maximum Gasteiger partial charge on any atom is 0.407 e. The number of hydrogen-bond acceptors (Lipinski definition) is 1. The molecule has 1 atom stereocenters. The highest BCUT2D eigenvalue weighted by atomic mass is 19.4. The van der Waals surface area contributed by atoms with Crippen molar-refractivity contribution in [1.29, 1.82) is 0 Å². The summed E-state index contributed by atoms with van der Waals surface area (Å²) >= 11 is 0. The van der Waals surface area contributed by atoms with Crippen LogP contribution in [-0.2, 0) is 10.2 Å². The molecule has 1 unspecified atom stereocenters. The van der Waals surface area contributed by atoms with Gasteiger partial charge < -0.3 is 5.73 Å². The zero-order valence-corrected chi connectivity index (χ0v) is 9.58. The molecule has 0 aliphatic rings. The third-order valence-electron chi connectivity index (χ3n) is 2.93. The van der Waals surface area contributed by atoms with E-state index in [9.17, 15) is 18.0 Å². The van der Waals surface area contributed by atoms with E-state index in [-0.39, 0.29) is 5.56 Å². The average molecular weight is 245 g/mol. The van der Waals surface area contributed by atoms with E-state index >= 15 is 0 Å². The minimum absolute atomic E-state index is 0.116. The fraction of sp³-hybridized carbons (Fsp3) is 0.417. The average Bonchev–Trinajstić information content (AvgIpc) is 2.16. The molecule has 0 fully saturated rings. The fourth-order valence-corrected chi connectivity index (χ4v) is 2.09. The van der Waals surface area contributed by atoms with Gasteiger partial charge >= 0.3 is 6.18 Å². The molecule has 17 heavy (non-hydrogen) atoms. The molecule has 0 aliphatic carbocycles. The topological polar surface area (TPSA) is 43.1 Å². The second-order valence-corrected chi connectivity index (χ2v) is 4.19. The molecule has 0 aromatic heterocycles. The molecule has 94 valence electrons. The van der Waals surface area contributed by atoms with Crippen LogP contribution in [0.5, 0.6) is 0 Å². The monoisotopic (exact) mass is 245 g/mol. The predicted molar refractivity (Wildman–Crippen MR) is 58.2 cm³/mol. The lowest BCUT2D eigenvalue weighted by Crippen LogP contribution is -2.56. The van der Waals surface area contributed by atoms with Crippen molar-refractivity contribution in [2.24, 2.45) is 11.7 Å². The molecule has 0 saturated carbocycles. The van der Waals surface area contributed by atoms with Crippen molar-refractivity contribution in [3.8, 4) is 0 Å². The van der Waals surface area contributed by atoms with Gasteiger partial charge in [-0.25, -0.2) is 0 Å². The molecule has 1 aromatic rings. The van der Waals surface area contributed by atoms with Gasteiger partial charge in [-0.05, 0) is 11.5 Å². The first-order valence-corrected chi connectivity index (χ1v) is 5.16. The van der Waals surface area contributed by atoms with Crippen LogP contribution < -0.4 is 5.73 Å². The minimum atomic E-state index is -4.71. The van der Waals surface area contributed by atoms with Crippen LogP contribution in [0.15, 0.2) is 30.3 Å². The molecule has 0 saturated heterocycles. The van der Waals surface area contributed by atoms with Crippen molar-refractivity contribution in [2.45, 2.75) is 25.4 Å². The Labute approximate surface area is 97.6 Å². The Morgan fingerprint density at radius 2 is 1.65 bits per heavy atom. The number of carbonyl (C=O) groups is 1. The van der Waals surface area contributed by atoms with Gasteiger partial charge in [-0.3, -0.25) is 4.79 Å². The van der Waals surface area contributed by atoms with E-state index in [1.165, 1.54) is 38.1 Å². The van der Waals surface area contributed by atoms with Gasteiger partial charge in [0.05, 0.1) is 0 Å². The highest BCUT2D eigenvalue weighted by Gasteiger charge is 2.62. The zero-order valence-electron chi connectivity index (χ0n) is 9.58. The molecular weight excluding hydrogens is 231 g/mol. The van der Waals surface area contributed by atoms with Crippen LogP contribution in [-0.4, -0.2) is 12.1 Å². The van der Waals surface area contributed by atoms with Crippen LogP contribution in [0.25, 0.3) is 0 Å². The highest BCUT2D eigenvalue weighted by molar-refractivity contribution is 5.88. The largest absolute Gasteiger partial charge is 0.407 e. The molecule has 0 heterocycles. The Morgan fingerprint density at radius 3 is 1.94 bits per heavy atom. The number of hydrogen-bond donors (Lipinski definition) is 1. The lowest BCUT2D eigenvalue weighted by molar-refractivity contribution is -0.203. The fourth-order valence-electron chi connectivity index (χ4n) is 2.09. The molecule has 1 amide bonds. The van der Waals surface area contributed by atoms with Gasteiger partial charge in [0.1, 0.15) is 0 Å². The number of carbonyl (C=O) groups excluding carboxylic acids is 1. The van der Waals surface area contributed by atoms with Crippen molar-refractivity contribution >= 4 is 5.91 Å². The Hall–Kier alpha value is -1.52. The summed E-state index contributed by atoms with van der Waals surface area (Å²) in [6.45, 7) is 2.68. The smallest absolute Gasteiger partial charge is 0.369 e. The van der Waals surface area contributed by atoms with Crippen LogP contribution in [0.4, 0.5) is 13.2 Å². The van der Waals surface area contributed by atoms with Crippen molar-refractivity contribution < 1.29 is 18.0 Å². The molecule has 2 N–H and O–H groups in total. The SMILES string of the molecule is CC(C)C(C(N)=O)(c1ccccc1)C(F)(F)F. The van der Waals surface area contributed by atoms with Crippen LogP contribution >= 0.6 is 0 Å². The molecule has 0 radical (unpaired) electrons. The normalized spacial score (nSPS) is 15.6. The van der Waals surface area contributed by atoms with E-state index in [1.54, 1.807) is 6.07 Å². The minimum Gasteiger partial charge on any atom is -0.369 e. The first-order chi connectivity index (χ1) is 7.74. The summed E-state index contributed by atoms with van der Waals surface area (Å²) in [5, 5.41) is 0. The Morgan fingerprint density at radius 1 is 1.18 bits per heavy atom. The number of benzene rings is 1. The second-order valence-electron chi connectivity index (χ2n) is 4.19. The second kappa shape index (κ2) is 4.39. The van der Waals surface area contributed by atoms with E-state index in [4.69, 9.17) is 5.73 Å². The van der Waals surface area contributed by atoms with E-state index in [1.807, 2.05) is 0 Å². The summed E-state index contributed by atoms with van der Waals surface area (Å²) in [6.07, 6.45) is -4.71. The number of primary amides is 1. The summed E-state index contributed by atoms with van der Waals surface area (Å²) in [7, 11) is 0. The summed E-state index contributed by atoms with van der Waals surface area (Å²) in [4.78, 5) is 11.4. The molecule has 1 aromatic carbocycles. The number of nitrogens with two attached hydrogens (primary N) is 1. The van der Waals surface area contributed by atoms with Crippen LogP contribution in [0, 0.1) is 5.92 Å². The van der Waals surface area contributed by atoms with Crippen LogP contribution in [0.3, 0.4) is 0 Å². The maximum absolute atomic E-state index is 13.3. The van der Waals surface area contributed by atoms with Crippen molar-refractivity contribution in [1.82, 2.24) is 0 Å². The molecule has 5 heteroatoms. The first kappa shape index (κ1) is 13.5. The van der Waals surface area contributed by atoms with Crippen LogP contribution in [0.1, 0.15) is 19.4 Å². The summed E-state index contributed by atoms with van der Waals surface area (Å²) in [6, 6.07) is 7.06. The number of rotatable bonds is 3. The van der Waals surface area contributed by atoms with E-state index in [0.717, 1.165) is 0 Å². The summed E-state index contributed by atoms with van der Waals surface area (Å²) < 4.78 is 39.8. The lowest BCUT2D eigenvalue weighted by Gasteiger charge is -2.36. The standard InChI is InChI=1S/C12H14F3NO/c1-8(2)11(10(16)17,12(13,14)15)9-6-4-3-5-7-9/h3-8H,1-2H3,(H2,16,17). The molecule has 0 aliphatic heterocycles. The number of halogens is 3. The Bertz CT molecular complexity index is 400. The predicted octanol–water partition coefficient (Wildman–Crippen LogP) is 2.63. The van der Waals surface area contributed by atoms with E-state index in [2.05, 4.69) is 0 Å². The molecule has 1 rings (SSSR count).